The third-order valence-corrected chi connectivity index (χ3v) is 4.85. The van der Waals surface area contributed by atoms with E-state index in [2.05, 4.69) is 41.0 Å². The molecule has 2 atom stereocenters. The number of fused-ring (bicyclic) bond motifs is 1. The predicted molar refractivity (Wildman–Crippen MR) is 86.3 cm³/mol. The van der Waals surface area contributed by atoms with E-state index in [9.17, 15) is 0 Å². The average Bonchev–Trinajstić information content (AvgIpc) is 2.42. The first-order valence-corrected chi connectivity index (χ1v) is 8.50. The molecule has 4 nitrogen and oxygen atoms in total. The summed E-state index contributed by atoms with van der Waals surface area (Å²) >= 11 is 0. The summed E-state index contributed by atoms with van der Waals surface area (Å²) < 4.78 is 0. The molecule has 0 bridgehead atoms. The lowest BCUT2D eigenvalue weighted by Crippen LogP contribution is -2.59. The third-order valence-electron chi connectivity index (χ3n) is 4.85. The summed E-state index contributed by atoms with van der Waals surface area (Å²) in [6, 6.07) is 1.57. The quantitative estimate of drug-likeness (QED) is 0.706. The Hall–Kier alpha value is -0.160. The van der Waals surface area contributed by atoms with Crippen molar-refractivity contribution in [3.63, 3.8) is 0 Å². The van der Waals surface area contributed by atoms with Crippen LogP contribution < -0.4 is 5.32 Å². The first-order valence-electron chi connectivity index (χ1n) is 8.50. The second-order valence-corrected chi connectivity index (χ2v) is 6.90. The number of rotatable bonds is 7. The van der Waals surface area contributed by atoms with E-state index in [1.807, 2.05) is 0 Å². The second kappa shape index (κ2) is 8.32. The van der Waals surface area contributed by atoms with Crippen molar-refractivity contribution in [1.82, 2.24) is 20.0 Å². The summed E-state index contributed by atoms with van der Waals surface area (Å²) in [5.41, 5.74) is 0. The Labute approximate surface area is 125 Å². The highest BCUT2D eigenvalue weighted by Gasteiger charge is 2.32. The molecule has 0 amide bonds. The summed E-state index contributed by atoms with van der Waals surface area (Å²) in [6.07, 6.45) is 5.52. The van der Waals surface area contributed by atoms with Gasteiger partial charge in [0.2, 0.25) is 0 Å². The first kappa shape index (κ1) is 16.2. The van der Waals surface area contributed by atoms with Gasteiger partial charge in [0.1, 0.15) is 0 Å². The summed E-state index contributed by atoms with van der Waals surface area (Å²) in [5, 5.41) is 3.60. The number of piperidine rings is 1. The van der Waals surface area contributed by atoms with Gasteiger partial charge in [-0.3, -0.25) is 9.80 Å². The molecule has 2 aliphatic heterocycles. The molecule has 2 rings (SSSR count). The highest BCUT2D eigenvalue weighted by molar-refractivity contribution is 4.89. The topological polar surface area (TPSA) is 21.8 Å². The normalized spacial score (nSPS) is 28.8. The highest BCUT2D eigenvalue weighted by Crippen LogP contribution is 2.23. The smallest absolute Gasteiger partial charge is 0.0223 e. The molecule has 0 aromatic carbocycles. The van der Waals surface area contributed by atoms with Crippen LogP contribution in [-0.2, 0) is 0 Å². The molecule has 0 saturated carbocycles. The van der Waals surface area contributed by atoms with Gasteiger partial charge in [0, 0.05) is 38.3 Å². The van der Waals surface area contributed by atoms with Gasteiger partial charge in [-0.1, -0.05) is 6.42 Å². The van der Waals surface area contributed by atoms with Crippen LogP contribution in [0.2, 0.25) is 0 Å². The molecule has 0 radical (unpaired) electrons. The van der Waals surface area contributed by atoms with Crippen LogP contribution in [0.5, 0.6) is 0 Å². The fourth-order valence-electron chi connectivity index (χ4n) is 3.59. The molecule has 20 heavy (non-hydrogen) atoms. The summed E-state index contributed by atoms with van der Waals surface area (Å²) in [4.78, 5) is 7.69. The van der Waals surface area contributed by atoms with Crippen molar-refractivity contribution in [3.8, 4) is 0 Å². The highest BCUT2D eigenvalue weighted by atomic mass is 15.3. The third kappa shape index (κ3) is 4.99. The van der Waals surface area contributed by atoms with Gasteiger partial charge in [-0.15, -0.1) is 0 Å². The maximum absolute atomic E-state index is 3.60. The molecule has 0 aromatic heterocycles. The number of hydrogen-bond acceptors (Lipinski definition) is 4. The number of nitrogens with zero attached hydrogens (tertiary/aromatic N) is 3. The minimum Gasteiger partial charge on any atom is -0.315 e. The largest absolute Gasteiger partial charge is 0.315 e. The van der Waals surface area contributed by atoms with E-state index in [0.717, 1.165) is 25.2 Å². The Morgan fingerprint density at radius 1 is 1.15 bits per heavy atom. The van der Waals surface area contributed by atoms with Crippen LogP contribution in [0, 0.1) is 0 Å². The van der Waals surface area contributed by atoms with Crippen LogP contribution in [-0.4, -0.2) is 86.7 Å². The monoisotopic (exact) mass is 282 g/mol. The summed E-state index contributed by atoms with van der Waals surface area (Å²) in [5.74, 6) is 0. The van der Waals surface area contributed by atoms with E-state index in [1.165, 1.54) is 58.4 Å². The average molecular weight is 282 g/mol. The van der Waals surface area contributed by atoms with Crippen LogP contribution in [0.3, 0.4) is 0 Å². The van der Waals surface area contributed by atoms with Crippen LogP contribution in [0.4, 0.5) is 0 Å². The van der Waals surface area contributed by atoms with Crippen molar-refractivity contribution in [3.05, 3.63) is 0 Å². The lowest BCUT2D eigenvalue weighted by molar-refractivity contribution is 0.0161. The van der Waals surface area contributed by atoms with Gasteiger partial charge >= 0.3 is 0 Å². The van der Waals surface area contributed by atoms with Crippen molar-refractivity contribution < 1.29 is 0 Å². The Kier molecular flexibility index (Phi) is 6.75. The van der Waals surface area contributed by atoms with E-state index < -0.39 is 0 Å². The van der Waals surface area contributed by atoms with Gasteiger partial charge in [0.25, 0.3) is 0 Å². The molecule has 1 N–H and O–H groups in total. The van der Waals surface area contributed by atoms with E-state index >= 15 is 0 Å². The molecule has 2 heterocycles. The number of piperazine rings is 1. The van der Waals surface area contributed by atoms with Gasteiger partial charge in [-0.05, 0) is 59.9 Å². The van der Waals surface area contributed by atoms with Gasteiger partial charge in [-0.2, -0.15) is 0 Å². The lowest BCUT2D eigenvalue weighted by atomic mass is 9.97. The second-order valence-electron chi connectivity index (χ2n) is 6.90. The molecule has 0 spiro atoms. The van der Waals surface area contributed by atoms with Gasteiger partial charge < -0.3 is 10.2 Å². The van der Waals surface area contributed by atoms with Crippen LogP contribution in [0.25, 0.3) is 0 Å². The summed E-state index contributed by atoms with van der Waals surface area (Å²) in [7, 11) is 4.29. The molecule has 0 aromatic rings. The first-order chi connectivity index (χ1) is 9.66. The molecule has 2 fully saturated rings. The molecule has 2 saturated heterocycles. The van der Waals surface area contributed by atoms with Gasteiger partial charge in [0.15, 0.2) is 0 Å². The molecular formula is C16H34N4. The van der Waals surface area contributed by atoms with Crippen LogP contribution >= 0.6 is 0 Å². The molecule has 2 unspecified atom stereocenters. The van der Waals surface area contributed by atoms with E-state index in [4.69, 9.17) is 0 Å². The van der Waals surface area contributed by atoms with Gasteiger partial charge in [-0.25, -0.2) is 0 Å². The SMILES string of the molecule is CC1CN2CCCCC2CN1CCNCCCN(C)C. The Morgan fingerprint density at radius 3 is 2.80 bits per heavy atom. The molecule has 118 valence electrons. The summed E-state index contributed by atoms with van der Waals surface area (Å²) in [6.45, 7) is 11.0. The van der Waals surface area contributed by atoms with Crippen molar-refractivity contribution in [2.24, 2.45) is 0 Å². The Morgan fingerprint density at radius 2 is 2.00 bits per heavy atom. The van der Waals surface area contributed by atoms with Crippen LogP contribution in [0.1, 0.15) is 32.6 Å². The van der Waals surface area contributed by atoms with Crippen molar-refractivity contribution in [2.75, 3.05) is 59.9 Å². The zero-order valence-corrected chi connectivity index (χ0v) is 13.8. The van der Waals surface area contributed by atoms with E-state index in [1.54, 1.807) is 0 Å². The molecule has 0 aliphatic carbocycles. The van der Waals surface area contributed by atoms with Crippen molar-refractivity contribution in [1.29, 1.82) is 0 Å². The molecular weight excluding hydrogens is 248 g/mol. The Balaban J connectivity index is 1.60. The fraction of sp³-hybridized carbons (Fsp3) is 1.00. The Bertz CT molecular complexity index is 269. The maximum atomic E-state index is 3.60. The van der Waals surface area contributed by atoms with Gasteiger partial charge in [0.05, 0.1) is 0 Å². The maximum Gasteiger partial charge on any atom is 0.0223 e. The molecule has 2 aliphatic rings. The zero-order chi connectivity index (χ0) is 14.4. The standard InChI is InChI=1S/C16H34N4/c1-15-13-20-11-5-4-7-16(20)14-19(15)12-9-17-8-6-10-18(2)3/h15-17H,4-14H2,1-3H3. The lowest BCUT2D eigenvalue weighted by Gasteiger charge is -2.47. The van der Waals surface area contributed by atoms with Crippen molar-refractivity contribution >= 4 is 0 Å². The van der Waals surface area contributed by atoms with Crippen molar-refractivity contribution in [2.45, 2.75) is 44.7 Å². The number of hydrogen-bond donors (Lipinski definition) is 1. The minimum absolute atomic E-state index is 0.730. The van der Waals surface area contributed by atoms with Crippen LogP contribution in [0.15, 0.2) is 0 Å². The minimum atomic E-state index is 0.730. The fourth-order valence-corrected chi connectivity index (χ4v) is 3.59. The van der Waals surface area contributed by atoms with E-state index in [0.29, 0.717) is 0 Å². The zero-order valence-electron chi connectivity index (χ0n) is 13.8. The predicted octanol–water partition coefficient (Wildman–Crippen LogP) is 1.09. The number of nitrogens with one attached hydrogen (secondary N) is 1. The van der Waals surface area contributed by atoms with E-state index in [-0.39, 0.29) is 0 Å². The molecule has 4 heteroatoms.